The molecular weight excluding hydrogens is 342 g/mol. The van der Waals surface area contributed by atoms with Crippen LogP contribution in [0, 0.1) is 0 Å². The van der Waals surface area contributed by atoms with Crippen LogP contribution < -0.4 is 10.6 Å². The van der Waals surface area contributed by atoms with E-state index in [-0.39, 0.29) is 24.4 Å². The highest BCUT2D eigenvalue weighted by Gasteiger charge is 2.26. The molecule has 1 aromatic carbocycles. The van der Waals surface area contributed by atoms with Crippen molar-refractivity contribution in [2.75, 3.05) is 11.9 Å². The maximum Gasteiger partial charge on any atom is 0.243 e. The molecule has 4 rings (SSSR count). The maximum atomic E-state index is 12.2. The molecule has 0 bridgehead atoms. The van der Waals surface area contributed by atoms with E-state index in [1.807, 2.05) is 0 Å². The van der Waals surface area contributed by atoms with Gasteiger partial charge in [0.2, 0.25) is 5.91 Å². The molecule has 0 saturated carbocycles. The summed E-state index contributed by atoms with van der Waals surface area (Å²) in [5.41, 5.74) is 2.59. The smallest absolute Gasteiger partial charge is 0.243 e. The van der Waals surface area contributed by atoms with Gasteiger partial charge in [-0.05, 0) is 50.1 Å². The number of fused-ring (bicyclic) bond motifs is 1. The minimum Gasteiger partial charge on any atom is -0.306 e. The quantitative estimate of drug-likeness (QED) is 0.877. The third-order valence-electron chi connectivity index (χ3n) is 4.82. The summed E-state index contributed by atoms with van der Waals surface area (Å²) in [5, 5.41) is 7.00. The van der Waals surface area contributed by atoms with Gasteiger partial charge in [-0.3, -0.25) is 4.79 Å². The lowest BCUT2D eigenvalue weighted by Crippen LogP contribution is -2.35. The highest BCUT2D eigenvalue weighted by molar-refractivity contribution is 7.15. The molecule has 6 heteroatoms. The predicted octanol–water partition coefficient (Wildman–Crippen LogP) is 3.53. The summed E-state index contributed by atoms with van der Waals surface area (Å²) in [6, 6.07) is 10.7. The second-order valence-electron chi connectivity index (χ2n) is 6.38. The van der Waals surface area contributed by atoms with Gasteiger partial charge in [0.25, 0.3) is 0 Å². The summed E-state index contributed by atoms with van der Waals surface area (Å²) in [6.07, 6.45) is 5.17. The molecule has 4 nitrogen and oxygen atoms in total. The minimum absolute atomic E-state index is 0. The Bertz CT molecular complexity index is 698. The number of halogens is 1. The van der Waals surface area contributed by atoms with Gasteiger partial charge in [0.1, 0.15) is 0 Å². The fourth-order valence-electron chi connectivity index (χ4n) is 3.54. The van der Waals surface area contributed by atoms with E-state index in [0.29, 0.717) is 5.92 Å². The van der Waals surface area contributed by atoms with Crippen molar-refractivity contribution in [3.05, 3.63) is 46.5 Å². The van der Waals surface area contributed by atoms with Gasteiger partial charge in [-0.15, -0.1) is 23.7 Å². The fraction of sp³-hybridized carbons (Fsp3) is 0.444. The van der Waals surface area contributed by atoms with E-state index in [9.17, 15) is 4.79 Å². The number of anilines is 1. The van der Waals surface area contributed by atoms with Crippen LogP contribution >= 0.6 is 23.7 Å². The van der Waals surface area contributed by atoms with Gasteiger partial charge < -0.3 is 10.6 Å². The number of carbonyl (C=O) groups is 1. The van der Waals surface area contributed by atoms with Crippen LogP contribution in [0.5, 0.6) is 0 Å². The highest BCUT2D eigenvalue weighted by Crippen LogP contribution is 2.36. The zero-order chi connectivity index (χ0) is 15.6. The van der Waals surface area contributed by atoms with Gasteiger partial charge in [0.15, 0.2) is 5.13 Å². The minimum atomic E-state index is -0.0482. The van der Waals surface area contributed by atoms with Crippen molar-refractivity contribution in [3.63, 3.8) is 0 Å². The Morgan fingerprint density at radius 1 is 1.25 bits per heavy atom. The Morgan fingerprint density at radius 3 is 2.83 bits per heavy atom. The van der Waals surface area contributed by atoms with Gasteiger partial charge in [-0.2, -0.15) is 0 Å². The van der Waals surface area contributed by atoms with E-state index in [0.717, 1.165) is 43.8 Å². The standard InChI is InChI=1S/C18H21N3OS.ClH/c22-17(15-7-4-10-19-15)21-18-20-14-9-8-13(11-16(14)23-18)12-5-2-1-3-6-12;/h1-3,5-6,13,15,19H,4,7-11H2,(H,20,21,22);1H. The predicted molar refractivity (Wildman–Crippen MR) is 100 cm³/mol. The molecule has 1 aromatic heterocycles. The molecule has 2 unspecified atom stereocenters. The van der Waals surface area contributed by atoms with Crippen molar-refractivity contribution >= 4 is 34.8 Å². The molecule has 1 fully saturated rings. The molecule has 2 heterocycles. The van der Waals surface area contributed by atoms with E-state index in [2.05, 4.69) is 45.9 Å². The molecule has 24 heavy (non-hydrogen) atoms. The largest absolute Gasteiger partial charge is 0.306 e. The monoisotopic (exact) mass is 363 g/mol. The van der Waals surface area contributed by atoms with E-state index in [1.54, 1.807) is 11.3 Å². The van der Waals surface area contributed by atoms with Crippen molar-refractivity contribution in [2.45, 2.75) is 44.1 Å². The van der Waals surface area contributed by atoms with Gasteiger partial charge in [-0.1, -0.05) is 30.3 Å². The molecule has 1 saturated heterocycles. The first-order chi connectivity index (χ1) is 11.3. The summed E-state index contributed by atoms with van der Waals surface area (Å²) in [4.78, 5) is 18.2. The number of rotatable bonds is 3. The average molecular weight is 364 g/mol. The molecule has 2 N–H and O–H groups in total. The van der Waals surface area contributed by atoms with Crippen molar-refractivity contribution < 1.29 is 4.79 Å². The number of carbonyl (C=O) groups excluding carboxylic acids is 1. The van der Waals surface area contributed by atoms with Crippen LogP contribution in [-0.2, 0) is 17.6 Å². The van der Waals surface area contributed by atoms with Crippen LogP contribution in [0.2, 0.25) is 0 Å². The first-order valence-corrected chi connectivity index (χ1v) is 9.19. The lowest BCUT2D eigenvalue weighted by molar-refractivity contribution is -0.117. The third-order valence-corrected chi connectivity index (χ3v) is 5.85. The van der Waals surface area contributed by atoms with Crippen molar-refractivity contribution in [1.29, 1.82) is 0 Å². The first-order valence-electron chi connectivity index (χ1n) is 8.37. The number of nitrogens with one attached hydrogen (secondary N) is 2. The average Bonchev–Trinajstić information content (AvgIpc) is 3.24. The number of nitrogens with zero attached hydrogens (tertiary/aromatic N) is 1. The van der Waals surface area contributed by atoms with Gasteiger partial charge in [0, 0.05) is 4.88 Å². The van der Waals surface area contributed by atoms with Crippen LogP contribution in [0.1, 0.15) is 41.3 Å². The number of aryl methyl sites for hydroxylation is 1. The Kier molecular flexibility index (Phi) is 5.54. The molecule has 2 atom stereocenters. The molecule has 1 aliphatic heterocycles. The molecule has 2 aromatic rings. The number of hydrogen-bond donors (Lipinski definition) is 2. The highest BCUT2D eigenvalue weighted by atomic mass is 35.5. The summed E-state index contributed by atoms with van der Waals surface area (Å²) in [7, 11) is 0. The van der Waals surface area contributed by atoms with E-state index in [1.165, 1.54) is 16.1 Å². The van der Waals surface area contributed by atoms with Crippen LogP contribution in [0.4, 0.5) is 5.13 Å². The second-order valence-corrected chi connectivity index (χ2v) is 7.46. The van der Waals surface area contributed by atoms with E-state index in [4.69, 9.17) is 0 Å². The normalized spacial score (nSPS) is 22.5. The lowest BCUT2D eigenvalue weighted by Gasteiger charge is -2.21. The van der Waals surface area contributed by atoms with Gasteiger partial charge in [0.05, 0.1) is 11.7 Å². The Balaban J connectivity index is 0.00000169. The number of benzene rings is 1. The summed E-state index contributed by atoms with van der Waals surface area (Å²) >= 11 is 1.65. The van der Waals surface area contributed by atoms with Crippen molar-refractivity contribution in [1.82, 2.24) is 10.3 Å². The zero-order valence-electron chi connectivity index (χ0n) is 13.5. The van der Waals surface area contributed by atoms with Crippen LogP contribution in [0.15, 0.2) is 30.3 Å². The van der Waals surface area contributed by atoms with Gasteiger partial charge >= 0.3 is 0 Å². The molecule has 0 radical (unpaired) electrons. The van der Waals surface area contributed by atoms with E-state index < -0.39 is 0 Å². The first kappa shape index (κ1) is 17.4. The Hall–Kier alpha value is -1.43. The molecule has 128 valence electrons. The number of hydrogen-bond acceptors (Lipinski definition) is 4. The zero-order valence-corrected chi connectivity index (χ0v) is 15.1. The number of thiazole rings is 1. The molecular formula is C18H22ClN3OS. The molecule has 1 amide bonds. The maximum absolute atomic E-state index is 12.2. The number of aromatic nitrogens is 1. The SMILES string of the molecule is Cl.O=C(Nc1nc2c(s1)CC(c1ccccc1)CC2)C1CCCN1. The second kappa shape index (κ2) is 7.64. The molecule has 0 spiro atoms. The topological polar surface area (TPSA) is 54.0 Å². The summed E-state index contributed by atoms with van der Waals surface area (Å²) in [5.74, 6) is 0.636. The van der Waals surface area contributed by atoms with Crippen LogP contribution in [-0.4, -0.2) is 23.5 Å². The lowest BCUT2D eigenvalue weighted by atomic mass is 9.85. The van der Waals surface area contributed by atoms with Crippen molar-refractivity contribution in [3.8, 4) is 0 Å². The van der Waals surface area contributed by atoms with E-state index >= 15 is 0 Å². The summed E-state index contributed by atoms with van der Waals surface area (Å²) < 4.78 is 0. The van der Waals surface area contributed by atoms with Crippen LogP contribution in [0.25, 0.3) is 0 Å². The van der Waals surface area contributed by atoms with Crippen molar-refractivity contribution in [2.24, 2.45) is 0 Å². The molecule has 1 aliphatic carbocycles. The Morgan fingerprint density at radius 2 is 2.08 bits per heavy atom. The number of amides is 1. The summed E-state index contributed by atoms with van der Waals surface area (Å²) in [6.45, 7) is 0.936. The molecule has 2 aliphatic rings. The van der Waals surface area contributed by atoms with Crippen LogP contribution in [0.3, 0.4) is 0 Å². The third kappa shape index (κ3) is 3.63. The Labute approximate surface area is 152 Å². The van der Waals surface area contributed by atoms with Gasteiger partial charge in [-0.25, -0.2) is 4.98 Å². The fourth-order valence-corrected chi connectivity index (χ4v) is 4.63.